The van der Waals surface area contributed by atoms with Gasteiger partial charge in [-0.05, 0) is 146 Å². The molecule has 16 rings (SSSR count). The van der Waals surface area contributed by atoms with Crippen molar-refractivity contribution in [2.24, 2.45) is 17.3 Å². The summed E-state index contributed by atoms with van der Waals surface area (Å²) in [4.78, 5) is 143. The number of aromatic hydroxyl groups is 1. The van der Waals surface area contributed by atoms with Crippen molar-refractivity contribution >= 4 is 131 Å². The van der Waals surface area contributed by atoms with E-state index in [1.54, 1.807) is 28.2 Å². The van der Waals surface area contributed by atoms with E-state index >= 15 is 0 Å². The maximum absolute atomic E-state index is 12.8. The monoisotopic (exact) mass is 1800 g/mol. The van der Waals surface area contributed by atoms with E-state index in [0.29, 0.717) is 54.8 Å². The Balaban J connectivity index is 0.000000147. The molecule has 0 radical (unpaired) electrons. The van der Waals surface area contributed by atoms with E-state index in [1.807, 2.05) is 60.7 Å². The van der Waals surface area contributed by atoms with Crippen LogP contribution in [0.4, 0.5) is 63.0 Å². The molecule has 0 unspecified atom stereocenters. The van der Waals surface area contributed by atoms with E-state index in [-0.39, 0.29) is 125 Å². The van der Waals surface area contributed by atoms with Crippen molar-refractivity contribution in [2.45, 2.75) is 148 Å². The first-order valence-corrected chi connectivity index (χ1v) is 46.3. The summed E-state index contributed by atoms with van der Waals surface area (Å²) >= 11 is 0. The van der Waals surface area contributed by atoms with E-state index in [0.717, 1.165) is 155 Å². The fourth-order valence-corrected chi connectivity index (χ4v) is 20.0. The molecule has 4 aromatic carbocycles. The highest BCUT2D eigenvalue weighted by Crippen LogP contribution is 2.43. The second-order valence-electron chi connectivity index (χ2n) is 35.0. The van der Waals surface area contributed by atoms with Crippen LogP contribution in [0.3, 0.4) is 0 Å². The van der Waals surface area contributed by atoms with Gasteiger partial charge in [0.05, 0.1) is 70.3 Å². The predicted octanol–water partition coefficient (Wildman–Crippen LogP) is 11.3. The number of H-pyrrole nitrogens is 4. The van der Waals surface area contributed by atoms with E-state index < -0.39 is 44.0 Å². The smallest absolute Gasteiger partial charge is 0.314 e. The van der Waals surface area contributed by atoms with Crippen LogP contribution in [0.5, 0.6) is 5.88 Å². The average Bonchev–Trinajstić information content (AvgIpc) is 1.35. The van der Waals surface area contributed by atoms with Gasteiger partial charge in [-0.15, -0.1) is 0 Å². The summed E-state index contributed by atoms with van der Waals surface area (Å²) in [6.45, 7) is 38.7. The molecule has 8 aromatic rings. The number of benzene rings is 4. The fourth-order valence-electron chi connectivity index (χ4n) is 17.5. The lowest BCUT2D eigenvalue weighted by molar-refractivity contribution is -0.135. The number of piperidine rings is 6. The summed E-state index contributed by atoms with van der Waals surface area (Å²) < 4.78 is 55.0. The molecule has 12 heterocycles. The Kier molecular flexibility index (Phi) is 29.8. The standard InChI is InChI=1S/C23H31N7O3S.C23H34N6O4S.C22H24N6O3.C21H22N6O3/c1-23(2)8-10-30(11-9-23)19-12-16(17-14-28(4)34(32,33)29(5)15-17)6-7-18(19)26-22(31)21-25-13-20(24-3)27-21;1-4-5-16-8-10-29(11-9-16)20-12-17(18-14-27(2)34(32,33)28(3)15-18)6-7-19(20)25-23(31)22-24-13-21(30)26-22;1-13-5-7-28(8-6-13)17-9-14(15-10-19(29)27-20(30)11-15)3-4-16(17)25-22(31)21-24-12-18(23-2)26-21;1-22-17-12-23-20(25-17)21(30)24-15-6-5-13(14-10-18(28)26-19(29)11-14)9-16(15)27-7-3-2-4-8-27/h6-7,12-13,17H,8-11,14-15H2,1-2,4-5H3,(H,25,27)(H,26,31);6-7,12-13,16,18,30H,4-5,8-11,14-15H2,1-3H3,(H,24,26)(H,25,31);3-4,9,12-13,15H,5-8,10-11H2,1H3,(H,24,26)(H,25,31)(H,27,29,30);5-6,9,12,14H,2-4,7-8,10-11H2,(H,23,25)(H,24,30)(H,26,28,29). The quantitative estimate of drug-likeness (QED) is 0.0281. The molecule has 0 bridgehead atoms. The lowest BCUT2D eigenvalue weighted by atomic mass is 9.82. The minimum Gasteiger partial charge on any atom is -0.493 e. The van der Waals surface area contributed by atoms with E-state index in [4.69, 9.17) is 19.7 Å². The molecule has 8 aliphatic heterocycles. The maximum atomic E-state index is 12.8. The molecule has 0 spiro atoms. The number of imide groups is 2. The molecule has 129 heavy (non-hydrogen) atoms. The van der Waals surface area contributed by atoms with Crippen molar-refractivity contribution in [1.82, 2.24) is 67.7 Å². The molecule has 8 saturated heterocycles. The Morgan fingerprint density at radius 3 is 1.05 bits per heavy atom. The van der Waals surface area contributed by atoms with Crippen LogP contribution >= 0.6 is 0 Å². The van der Waals surface area contributed by atoms with Crippen LogP contribution in [0, 0.1) is 37.0 Å². The van der Waals surface area contributed by atoms with Gasteiger partial charge in [0.1, 0.15) is 0 Å². The van der Waals surface area contributed by atoms with E-state index in [2.05, 4.69) is 146 Å². The number of rotatable bonds is 18. The number of carbonyl (C=O) groups excluding carboxylic acids is 8. The first-order valence-electron chi connectivity index (χ1n) is 43.5. The van der Waals surface area contributed by atoms with Crippen LogP contribution in [-0.2, 0) is 39.6 Å². The third-order valence-electron chi connectivity index (χ3n) is 25.1. The van der Waals surface area contributed by atoms with Crippen LogP contribution in [0.2, 0.25) is 0 Å². The number of aromatic nitrogens is 8. The second kappa shape index (κ2) is 41.0. The third-order valence-corrected chi connectivity index (χ3v) is 28.9. The Hall–Kier alpha value is -12.9. The minimum absolute atomic E-state index is 0.00885. The number of likely N-dealkylation sites (N-methyl/N-ethyl adjacent to an activating group) is 4. The van der Waals surface area contributed by atoms with Crippen LogP contribution in [0.25, 0.3) is 14.5 Å². The van der Waals surface area contributed by atoms with Crippen molar-refractivity contribution in [1.29, 1.82) is 0 Å². The number of carbonyl (C=O) groups is 8. The minimum atomic E-state index is -3.41. The zero-order valence-corrected chi connectivity index (χ0v) is 75.3. The van der Waals surface area contributed by atoms with Gasteiger partial charge in [0.2, 0.25) is 47.0 Å². The first kappa shape index (κ1) is 93.7. The topological polar surface area (TPSA) is 451 Å². The molecule has 0 saturated carbocycles. The van der Waals surface area contributed by atoms with Gasteiger partial charge in [-0.2, -0.15) is 34.1 Å². The van der Waals surface area contributed by atoms with Gasteiger partial charge >= 0.3 is 17.7 Å². The highest BCUT2D eigenvalue weighted by molar-refractivity contribution is 7.87. The molecule has 4 aromatic heterocycles. The number of amides is 8. The lowest BCUT2D eigenvalue weighted by Gasteiger charge is -2.40. The molecular formula is C89H111N25O13S2. The lowest BCUT2D eigenvalue weighted by Crippen LogP contribution is -2.49. The van der Waals surface area contributed by atoms with Gasteiger partial charge in [-0.3, -0.25) is 63.9 Å². The van der Waals surface area contributed by atoms with Crippen molar-refractivity contribution in [3.63, 3.8) is 0 Å². The van der Waals surface area contributed by atoms with Gasteiger partial charge < -0.3 is 65.5 Å². The maximum Gasteiger partial charge on any atom is 0.314 e. The molecule has 0 aliphatic carbocycles. The van der Waals surface area contributed by atoms with Gasteiger partial charge in [0.25, 0.3) is 43.8 Å². The molecule has 0 atom stereocenters. The molecule has 8 aliphatic rings. The molecule has 682 valence electrons. The van der Waals surface area contributed by atoms with Crippen LogP contribution in [-0.4, -0.2) is 233 Å². The molecular weight excluding hydrogens is 1690 g/mol. The molecule has 11 N–H and O–H groups in total. The summed E-state index contributed by atoms with van der Waals surface area (Å²) in [5.74, 6) is -1.01. The average molecular weight is 1800 g/mol. The summed E-state index contributed by atoms with van der Waals surface area (Å²) in [6, 6.07) is 23.1. The normalized spacial score (nSPS) is 19.3. The number of imidazole rings is 4. The Morgan fingerprint density at radius 2 is 0.744 bits per heavy atom. The zero-order chi connectivity index (χ0) is 92.2. The highest BCUT2D eigenvalue weighted by Gasteiger charge is 2.39. The van der Waals surface area contributed by atoms with Gasteiger partial charge in [-0.1, -0.05) is 84.5 Å². The number of nitrogens with zero attached hydrogens (tertiary/aromatic N) is 15. The first-order chi connectivity index (χ1) is 61.6. The van der Waals surface area contributed by atoms with Gasteiger partial charge in [0.15, 0.2) is 5.82 Å². The highest BCUT2D eigenvalue weighted by atomic mass is 32.2. The van der Waals surface area contributed by atoms with E-state index in [9.17, 15) is 60.3 Å². The molecule has 8 amide bonds. The number of nitrogens with one attached hydrogen (secondary N) is 10. The number of aromatic amines is 4. The van der Waals surface area contributed by atoms with Crippen LogP contribution < -0.4 is 51.5 Å². The summed E-state index contributed by atoms with van der Waals surface area (Å²) in [7, 11) is -0.419. The summed E-state index contributed by atoms with van der Waals surface area (Å²) in [5, 5.41) is 25.9. The van der Waals surface area contributed by atoms with Crippen molar-refractivity contribution in [2.75, 3.05) is 148 Å². The van der Waals surface area contributed by atoms with Crippen LogP contribution in [0.1, 0.15) is 212 Å². The SMILES string of the molecule is CCCC1CCN(c2cc(C3CN(C)S(=O)(=O)N(C)C3)ccc2NC(=O)c2ncc(O)[nH]2)CC1.[C-]#[N+]c1cnc(C(=O)Nc2ccc(C3CC(=O)NC(=O)C3)cc2N2CCC(C)CC2)[nH]1.[C-]#[N+]c1cnc(C(=O)Nc2ccc(C3CC(=O)NC(=O)C3)cc2N2CCCCC2)[nH]1.[C-]#[N+]c1cnc(C(=O)Nc2ccc(C3CN(C)S(=O)(=O)N(C)C3)cc2N2CCC(C)(C)CC2)[nH]1. The largest absolute Gasteiger partial charge is 0.493 e. The molecule has 8 fully saturated rings. The van der Waals surface area contributed by atoms with Crippen LogP contribution in [0.15, 0.2) is 97.6 Å². The van der Waals surface area contributed by atoms with Crippen molar-refractivity contribution < 1.29 is 60.3 Å². The zero-order valence-electron chi connectivity index (χ0n) is 73.7. The fraction of sp³-hybridized carbons (Fsp3) is 0.472. The summed E-state index contributed by atoms with van der Waals surface area (Å²) in [6.07, 6.45) is 18.3. The third kappa shape index (κ3) is 23.2. The molecule has 38 nitrogen and oxygen atoms in total. The van der Waals surface area contributed by atoms with Gasteiger partial charge in [0, 0.05) is 156 Å². The Morgan fingerprint density at radius 1 is 0.442 bits per heavy atom. The second-order valence-corrected chi connectivity index (χ2v) is 39.3. The number of anilines is 8. The number of hydrogen-bond donors (Lipinski definition) is 11. The number of hydrogen-bond acceptors (Lipinski definition) is 21. The Bertz CT molecular complexity index is 5780. The van der Waals surface area contributed by atoms with E-state index in [1.165, 1.54) is 61.3 Å². The molecule has 40 heteroatoms. The predicted molar refractivity (Wildman–Crippen MR) is 488 cm³/mol. The van der Waals surface area contributed by atoms with Crippen molar-refractivity contribution in [3.05, 3.63) is 177 Å². The van der Waals surface area contributed by atoms with Gasteiger partial charge in [-0.25, -0.2) is 19.9 Å². The summed E-state index contributed by atoms with van der Waals surface area (Å²) in [5.41, 5.74) is 10.3. The Labute approximate surface area is 750 Å². The van der Waals surface area contributed by atoms with Crippen molar-refractivity contribution in [3.8, 4) is 5.88 Å².